The molecule has 2 heterocycles. The van der Waals surface area contributed by atoms with Crippen LogP contribution in [0, 0.1) is 19.7 Å². The second kappa shape index (κ2) is 7.10. The monoisotopic (exact) mass is 343 g/mol. The Bertz CT molecular complexity index is 748. The van der Waals surface area contributed by atoms with Gasteiger partial charge in [-0.25, -0.2) is 4.39 Å². The van der Waals surface area contributed by atoms with E-state index < -0.39 is 0 Å². The molecule has 1 saturated heterocycles. The van der Waals surface area contributed by atoms with E-state index in [1.165, 1.54) is 0 Å². The zero-order valence-electron chi connectivity index (χ0n) is 15.3. The van der Waals surface area contributed by atoms with E-state index in [0.717, 1.165) is 22.5 Å². The summed E-state index contributed by atoms with van der Waals surface area (Å²) in [7, 11) is 0. The van der Waals surface area contributed by atoms with E-state index in [2.05, 4.69) is 9.88 Å². The van der Waals surface area contributed by atoms with Crippen LogP contribution in [0.1, 0.15) is 30.8 Å². The molecule has 0 spiro atoms. The third-order valence-electron chi connectivity index (χ3n) is 4.58. The van der Waals surface area contributed by atoms with Gasteiger partial charge in [-0.3, -0.25) is 4.98 Å². The molecule has 1 aliphatic rings. The van der Waals surface area contributed by atoms with Crippen LogP contribution >= 0.6 is 0 Å². The van der Waals surface area contributed by atoms with Crippen molar-refractivity contribution < 1.29 is 9.13 Å². The molecule has 0 aliphatic carbocycles. The number of nitrogens with zero attached hydrogens (tertiary/aromatic N) is 2. The van der Waals surface area contributed by atoms with Crippen LogP contribution < -0.4 is 10.6 Å². The highest BCUT2D eigenvalue weighted by atomic mass is 19.1. The van der Waals surface area contributed by atoms with Crippen molar-refractivity contribution in [1.29, 1.82) is 0 Å². The molecule has 2 N–H and O–H groups in total. The largest absolute Gasteiger partial charge is 0.372 e. The third kappa shape index (κ3) is 3.67. The Kier molecular flexibility index (Phi) is 5.06. The SMILES string of the molecule is Cc1cc(-c2ccc(N3C[C@@H](C)O[C@@H](C)C3)c(F)c2CN)cc(C)n1. The summed E-state index contributed by atoms with van der Waals surface area (Å²) in [5, 5.41) is 0. The number of benzene rings is 1. The van der Waals surface area contributed by atoms with Gasteiger partial charge in [0.15, 0.2) is 5.82 Å². The van der Waals surface area contributed by atoms with Crippen LogP contribution in [0.5, 0.6) is 0 Å². The molecule has 5 heteroatoms. The van der Waals surface area contributed by atoms with E-state index in [9.17, 15) is 0 Å². The lowest BCUT2D eigenvalue weighted by Gasteiger charge is -2.37. The highest BCUT2D eigenvalue weighted by molar-refractivity contribution is 5.72. The number of hydrogen-bond donors (Lipinski definition) is 1. The lowest BCUT2D eigenvalue weighted by Crippen LogP contribution is -2.46. The van der Waals surface area contributed by atoms with E-state index in [1.54, 1.807) is 0 Å². The molecule has 4 nitrogen and oxygen atoms in total. The maximum Gasteiger partial charge on any atom is 0.151 e. The Morgan fingerprint density at radius 1 is 1.16 bits per heavy atom. The van der Waals surface area contributed by atoms with Crippen molar-refractivity contribution in [2.75, 3.05) is 18.0 Å². The standard InChI is InChI=1S/C20H26FN3O/c1-12-7-16(8-13(2)23-12)17-5-6-19(20(21)18(17)9-22)24-10-14(3)25-15(4)11-24/h5-8,14-15H,9-11,22H2,1-4H3/t14-,15+. The Balaban J connectivity index is 2.05. The maximum absolute atomic E-state index is 15.3. The number of nitrogens with two attached hydrogens (primary N) is 1. The minimum atomic E-state index is -0.228. The van der Waals surface area contributed by atoms with Crippen LogP contribution in [-0.2, 0) is 11.3 Å². The van der Waals surface area contributed by atoms with Crippen molar-refractivity contribution in [2.24, 2.45) is 5.73 Å². The molecule has 0 saturated carbocycles. The minimum absolute atomic E-state index is 0.0784. The summed E-state index contributed by atoms with van der Waals surface area (Å²) in [6.07, 6.45) is 0.157. The molecule has 1 aliphatic heterocycles. The third-order valence-corrected chi connectivity index (χ3v) is 4.58. The molecule has 134 valence electrons. The number of rotatable bonds is 3. The average Bonchev–Trinajstić information content (AvgIpc) is 2.52. The summed E-state index contributed by atoms with van der Waals surface area (Å²) in [5.41, 5.74) is 10.7. The van der Waals surface area contributed by atoms with Gasteiger partial charge in [0.25, 0.3) is 0 Å². The molecule has 2 atom stereocenters. The molecule has 1 aromatic heterocycles. The fourth-order valence-electron chi connectivity index (χ4n) is 3.69. The first-order valence-electron chi connectivity index (χ1n) is 8.76. The topological polar surface area (TPSA) is 51.4 Å². The van der Waals surface area contributed by atoms with Gasteiger partial charge in [0, 0.05) is 36.6 Å². The van der Waals surface area contributed by atoms with Gasteiger partial charge in [0.1, 0.15) is 0 Å². The first kappa shape index (κ1) is 17.8. The van der Waals surface area contributed by atoms with Gasteiger partial charge in [0.05, 0.1) is 17.9 Å². The van der Waals surface area contributed by atoms with Crippen molar-refractivity contribution in [3.63, 3.8) is 0 Å². The molecule has 25 heavy (non-hydrogen) atoms. The van der Waals surface area contributed by atoms with E-state index in [4.69, 9.17) is 10.5 Å². The zero-order valence-corrected chi connectivity index (χ0v) is 15.3. The Labute approximate surface area is 148 Å². The number of ether oxygens (including phenoxy) is 1. The Morgan fingerprint density at radius 3 is 2.32 bits per heavy atom. The predicted octanol–water partition coefficient (Wildman–Crippen LogP) is 3.58. The molecule has 0 unspecified atom stereocenters. The smallest absolute Gasteiger partial charge is 0.151 e. The fraction of sp³-hybridized carbons (Fsp3) is 0.450. The predicted molar refractivity (Wildman–Crippen MR) is 99.2 cm³/mol. The van der Waals surface area contributed by atoms with E-state index >= 15 is 4.39 Å². The molecule has 0 amide bonds. The average molecular weight is 343 g/mol. The summed E-state index contributed by atoms with van der Waals surface area (Å²) < 4.78 is 21.0. The molecule has 0 bridgehead atoms. The van der Waals surface area contributed by atoms with Gasteiger partial charge in [-0.2, -0.15) is 0 Å². The van der Waals surface area contributed by atoms with Crippen molar-refractivity contribution >= 4 is 5.69 Å². The van der Waals surface area contributed by atoms with E-state index in [0.29, 0.717) is 24.3 Å². The number of aryl methyl sites for hydroxylation is 2. The summed E-state index contributed by atoms with van der Waals surface area (Å²) >= 11 is 0. The summed E-state index contributed by atoms with van der Waals surface area (Å²) in [4.78, 5) is 6.45. The summed E-state index contributed by atoms with van der Waals surface area (Å²) in [5.74, 6) is -0.228. The summed E-state index contributed by atoms with van der Waals surface area (Å²) in [6.45, 7) is 9.43. The molecular weight excluding hydrogens is 317 g/mol. The van der Waals surface area contributed by atoms with Gasteiger partial charge >= 0.3 is 0 Å². The van der Waals surface area contributed by atoms with Gasteiger partial charge < -0.3 is 15.4 Å². The number of pyridine rings is 1. The van der Waals surface area contributed by atoms with Crippen molar-refractivity contribution in [2.45, 2.75) is 46.4 Å². The number of anilines is 1. The van der Waals surface area contributed by atoms with Gasteiger partial charge in [-0.1, -0.05) is 6.07 Å². The number of halogens is 1. The normalized spacial score (nSPS) is 20.8. The van der Waals surface area contributed by atoms with Crippen LogP contribution in [0.3, 0.4) is 0 Å². The van der Waals surface area contributed by atoms with E-state index in [-0.39, 0.29) is 24.6 Å². The molecule has 2 aromatic rings. The highest BCUT2D eigenvalue weighted by Crippen LogP contribution is 2.33. The maximum atomic E-state index is 15.3. The minimum Gasteiger partial charge on any atom is -0.372 e. The Hall–Kier alpha value is -1.98. The van der Waals surface area contributed by atoms with Crippen LogP contribution in [-0.4, -0.2) is 30.3 Å². The van der Waals surface area contributed by atoms with Crippen LogP contribution in [0.25, 0.3) is 11.1 Å². The van der Waals surface area contributed by atoms with Gasteiger partial charge in [-0.05, 0) is 57.0 Å². The molecule has 3 rings (SSSR count). The van der Waals surface area contributed by atoms with Crippen LogP contribution in [0.15, 0.2) is 24.3 Å². The Morgan fingerprint density at radius 2 is 1.76 bits per heavy atom. The fourth-order valence-corrected chi connectivity index (χ4v) is 3.69. The van der Waals surface area contributed by atoms with E-state index in [1.807, 2.05) is 52.0 Å². The molecule has 1 aromatic carbocycles. The van der Waals surface area contributed by atoms with Gasteiger partial charge in [-0.15, -0.1) is 0 Å². The van der Waals surface area contributed by atoms with Crippen molar-refractivity contribution in [1.82, 2.24) is 4.98 Å². The lowest BCUT2D eigenvalue weighted by molar-refractivity contribution is -0.00539. The molecule has 1 fully saturated rings. The summed E-state index contributed by atoms with van der Waals surface area (Å²) in [6, 6.07) is 7.78. The van der Waals surface area contributed by atoms with Gasteiger partial charge in [0.2, 0.25) is 0 Å². The first-order chi connectivity index (χ1) is 11.9. The van der Waals surface area contributed by atoms with Crippen LogP contribution in [0.4, 0.5) is 10.1 Å². The first-order valence-corrected chi connectivity index (χ1v) is 8.76. The molecular formula is C20H26FN3O. The zero-order chi connectivity index (χ0) is 18.1. The second-order valence-corrected chi connectivity index (χ2v) is 6.93. The number of morpholine rings is 1. The molecule has 0 radical (unpaired) electrons. The number of hydrogen-bond acceptors (Lipinski definition) is 4. The highest BCUT2D eigenvalue weighted by Gasteiger charge is 2.26. The quantitative estimate of drug-likeness (QED) is 0.925. The van der Waals surface area contributed by atoms with Crippen molar-refractivity contribution in [3.05, 3.63) is 47.0 Å². The van der Waals surface area contributed by atoms with Crippen molar-refractivity contribution in [3.8, 4) is 11.1 Å². The lowest BCUT2D eigenvalue weighted by atomic mass is 9.97. The number of aromatic nitrogens is 1. The van der Waals surface area contributed by atoms with Crippen LogP contribution in [0.2, 0.25) is 0 Å². The second-order valence-electron chi connectivity index (χ2n) is 6.93.